The summed E-state index contributed by atoms with van der Waals surface area (Å²) in [4.78, 5) is 8.72. The minimum absolute atomic E-state index is 0.452. The van der Waals surface area contributed by atoms with Crippen molar-refractivity contribution < 1.29 is 4.84 Å². The van der Waals surface area contributed by atoms with Crippen LogP contribution >= 0.6 is 39.1 Å². The van der Waals surface area contributed by atoms with Crippen LogP contribution in [0.15, 0.2) is 17.4 Å². The van der Waals surface area contributed by atoms with Crippen molar-refractivity contribution in [3.63, 3.8) is 0 Å². The van der Waals surface area contributed by atoms with E-state index in [2.05, 4.69) is 30.9 Å². The lowest BCUT2D eigenvalue weighted by molar-refractivity contribution is 0.213. The second-order valence-electron chi connectivity index (χ2n) is 2.34. The van der Waals surface area contributed by atoms with E-state index in [1.807, 2.05) is 0 Å². The molecule has 1 rings (SSSR count). The summed E-state index contributed by atoms with van der Waals surface area (Å²) >= 11 is 14.9. The van der Waals surface area contributed by atoms with Gasteiger partial charge in [0, 0.05) is 6.20 Å². The number of hydrogen-bond acceptors (Lipinski definition) is 3. The fourth-order valence-electron chi connectivity index (χ4n) is 0.868. The highest BCUT2D eigenvalue weighted by Gasteiger charge is 2.09. The van der Waals surface area contributed by atoms with E-state index in [0.29, 0.717) is 26.8 Å². The quantitative estimate of drug-likeness (QED) is 0.488. The average Bonchev–Trinajstić information content (AvgIpc) is 2.15. The summed E-state index contributed by atoms with van der Waals surface area (Å²) in [5.74, 6) is 0. The predicted octanol–water partition coefficient (Wildman–Crippen LogP) is 3.13. The van der Waals surface area contributed by atoms with Crippen LogP contribution in [0.3, 0.4) is 0 Å². The minimum Gasteiger partial charge on any atom is -0.399 e. The van der Waals surface area contributed by atoms with Gasteiger partial charge in [0.05, 0.1) is 15.4 Å². The van der Waals surface area contributed by atoms with E-state index in [1.54, 1.807) is 6.07 Å². The lowest BCUT2D eigenvalue weighted by Crippen LogP contribution is -2.06. The van der Waals surface area contributed by atoms with Gasteiger partial charge in [0.1, 0.15) is 18.5 Å². The lowest BCUT2D eigenvalue weighted by atomic mass is 10.2. The van der Waals surface area contributed by atoms with Crippen molar-refractivity contribution in [2.45, 2.75) is 0 Å². The van der Waals surface area contributed by atoms with E-state index in [0.717, 1.165) is 0 Å². The van der Waals surface area contributed by atoms with E-state index in [9.17, 15) is 0 Å². The standard InChI is InChI=1S/C8H7BrCl2N2O/c1-14-13-7(3-9)8-6(11)2-5(10)4-12-8/h2,4H,3H2,1H3/b13-7+. The zero-order valence-electron chi connectivity index (χ0n) is 7.30. The molecule has 1 aromatic heterocycles. The normalized spacial score (nSPS) is 11.6. The maximum absolute atomic E-state index is 5.93. The van der Waals surface area contributed by atoms with Crippen LogP contribution in [0.2, 0.25) is 10.0 Å². The first kappa shape index (κ1) is 11.8. The molecule has 0 N–H and O–H groups in total. The summed E-state index contributed by atoms with van der Waals surface area (Å²) in [6, 6.07) is 1.61. The van der Waals surface area contributed by atoms with Gasteiger partial charge in [-0.2, -0.15) is 0 Å². The number of alkyl halides is 1. The van der Waals surface area contributed by atoms with Crippen molar-refractivity contribution in [1.29, 1.82) is 0 Å². The van der Waals surface area contributed by atoms with Gasteiger partial charge >= 0.3 is 0 Å². The maximum atomic E-state index is 5.93. The predicted molar refractivity (Wildman–Crippen MR) is 61.6 cm³/mol. The van der Waals surface area contributed by atoms with Crippen molar-refractivity contribution in [3.8, 4) is 0 Å². The van der Waals surface area contributed by atoms with Crippen LogP contribution in [0.5, 0.6) is 0 Å². The van der Waals surface area contributed by atoms with Crippen LogP contribution < -0.4 is 0 Å². The van der Waals surface area contributed by atoms with E-state index in [-0.39, 0.29) is 0 Å². The Hall–Kier alpha value is -0.320. The number of oxime groups is 1. The first-order valence-electron chi connectivity index (χ1n) is 3.66. The van der Waals surface area contributed by atoms with Crippen molar-refractivity contribution in [3.05, 3.63) is 28.0 Å². The third-order valence-electron chi connectivity index (χ3n) is 1.41. The molecule has 0 unspecified atom stereocenters. The molecule has 0 atom stereocenters. The largest absolute Gasteiger partial charge is 0.399 e. The molecule has 0 aliphatic carbocycles. The lowest BCUT2D eigenvalue weighted by Gasteiger charge is -2.03. The van der Waals surface area contributed by atoms with Crippen molar-refractivity contribution in [2.24, 2.45) is 5.16 Å². The Morgan fingerprint density at radius 2 is 2.36 bits per heavy atom. The monoisotopic (exact) mass is 296 g/mol. The third-order valence-corrected chi connectivity index (χ3v) is 2.44. The second kappa shape index (κ2) is 5.53. The maximum Gasteiger partial charge on any atom is 0.117 e. The Balaban J connectivity index is 3.11. The molecule has 0 bridgehead atoms. The van der Waals surface area contributed by atoms with E-state index in [1.165, 1.54) is 13.3 Å². The van der Waals surface area contributed by atoms with E-state index < -0.39 is 0 Å². The summed E-state index contributed by atoms with van der Waals surface area (Å²) in [6.45, 7) is 0. The van der Waals surface area contributed by atoms with Crippen molar-refractivity contribution >= 4 is 44.8 Å². The fraction of sp³-hybridized carbons (Fsp3) is 0.250. The fourth-order valence-corrected chi connectivity index (χ4v) is 1.73. The first-order valence-corrected chi connectivity index (χ1v) is 5.54. The Morgan fingerprint density at radius 3 is 2.86 bits per heavy atom. The zero-order chi connectivity index (χ0) is 10.6. The summed E-state index contributed by atoms with van der Waals surface area (Å²) < 4.78 is 0. The molecule has 6 heteroatoms. The Morgan fingerprint density at radius 1 is 1.64 bits per heavy atom. The van der Waals surface area contributed by atoms with Crippen LogP contribution in [-0.2, 0) is 4.84 Å². The molecule has 0 radical (unpaired) electrons. The van der Waals surface area contributed by atoms with Gasteiger partial charge < -0.3 is 4.84 Å². The van der Waals surface area contributed by atoms with Gasteiger partial charge in [0.15, 0.2) is 0 Å². The Labute approximate surface area is 100 Å². The molecule has 1 aromatic rings. The summed E-state index contributed by atoms with van der Waals surface area (Å²) in [6.07, 6.45) is 1.51. The van der Waals surface area contributed by atoms with Gasteiger partial charge in [-0.1, -0.05) is 44.3 Å². The Kier molecular flexibility index (Phi) is 4.65. The zero-order valence-corrected chi connectivity index (χ0v) is 10.4. The highest BCUT2D eigenvalue weighted by molar-refractivity contribution is 9.09. The Bertz CT molecular complexity index is 357. The summed E-state index contributed by atoms with van der Waals surface area (Å²) in [7, 11) is 1.46. The van der Waals surface area contributed by atoms with Gasteiger partial charge in [-0.15, -0.1) is 0 Å². The van der Waals surface area contributed by atoms with Crippen LogP contribution in [0.25, 0.3) is 0 Å². The molecule has 3 nitrogen and oxygen atoms in total. The number of rotatable bonds is 3. The molecule has 0 spiro atoms. The van der Waals surface area contributed by atoms with E-state index in [4.69, 9.17) is 23.2 Å². The van der Waals surface area contributed by atoms with Crippen molar-refractivity contribution in [2.75, 3.05) is 12.4 Å². The molecule has 0 aliphatic rings. The summed E-state index contributed by atoms with van der Waals surface area (Å²) in [5, 5.41) is 5.23. The number of aromatic nitrogens is 1. The second-order valence-corrected chi connectivity index (χ2v) is 3.74. The van der Waals surface area contributed by atoms with E-state index >= 15 is 0 Å². The van der Waals surface area contributed by atoms with Crippen molar-refractivity contribution in [1.82, 2.24) is 4.98 Å². The number of pyridine rings is 1. The third kappa shape index (κ3) is 2.83. The van der Waals surface area contributed by atoms with Crippen LogP contribution in [0.1, 0.15) is 5.69 Å². The number of halogens is 3. The molecule has 0 aromatic carbocycles. The molecule has 0 fully saturated rings. The van der Waals surface area contributed by atoms with Crippen LogP contribution in [0, 0.1) is 0 Å². The number of hydrogen-bond donors (Lipinski definition) is 0. The highest BCUT2D eigenvalue weighted by atomic mass is 79.9. The molecular formula is C8H7BrCl2N2O. The number of nitrogens with zero attached hydrogens (tertiary/aromatic N) is 2. The van der Waals surface area contributed by atoms with Crippen LogP contribution in [0.4, 0.5) is 0 Å². The SMILES string of the molecule is CO/N=C(\CBr)c1ncc(Cl)cc1Cl. The molecule has 0 saturated heterocycles. The highest BCUT2D eigenvalue weighted by Crippen LogP contribution is 2.19. The van der Waals surface area contributed by atoms with Crippen LogP contribution in [-0.4, -0.2) is 23.1 Å². The van der Waals surface area contributed by atoms with Gasteiger partial charge in [0.25, 0.3) is 0 Å². The topological polar surface area (TPSA) is 34.5 Å². The molecule has 0 saturated carbocycles. The molecule has 1 heterocycles. The van der Waals surface area contributed by atoms with Gasteiger partial charge in [-0.05, 0) is 6.07 Å². The minimum atomic E-state index is 0.452. The molecule has 76 valence electrons. The molecule has 0 amide bonds. The first-order chi connectivity index (χ1) is 6.69. The van der Waals surface area contributed by atoms with Gasteiger partial charge in [-0.3, -0.25) is 4.98 Å². The smallest absolute Gasteiger partial charge is 0.117 e. The van der Waals surface area contributed by atoms with Gasteiger partial charge in [0.2, 0.25) is 0 Å². The molecule has 14 heavy (non-hydrogen) atoms. The summed E-state index contributed by atoms with van der Waals surface area (Å²) in [5.41, 5.74) is 1.18. The van der Waals surface area contributed by atoms with Gasteiger partial charge in [-0.25, -0.2) is 0 Å². The molecular weight excluding hydrogens is 291 g/mol. The molecule has 0 aliphatic heterocycles. The average molecular weight is 298 g/mol.